The molecule has 0 aliphatic rings. The van der Waals surface area contributed by atoms with Gasteiger partial charge in [0.05, 0.1) is 25.3 Å². The normalized spacial score (nSPS) is 10.2. The molecular weight excluding hydrogens is 278 g/mol. The second-order valence-corrected chi connectivity index (χ2v) is 4.57. The van der Waals surface area contributed by atoms with Crippen LogP contribution in [0.5, 0.6) is 11.5 Å². The molecule has 0 atom stereocenters. The van der Waals surface area contributed by atoms with Gasteiger partial charge in [-0.25, -0.2) is 0 Å². The van der Waals surface area contributed by atoms with Gasteiger partial charge in [0.25, 0.3) is 0 Å². The van der Waals surface area contributed by atoms with E-state index >= 15 is 0 Å². The maximum Gasteiger partial charge on any atom is 0.200 e. The summed E-state index contributed by atoms with van der Waals surface area (Å²) in [5.41, 5.74) is 6.99. The number of methoxy groups -OCH3 is 2. The Balaban J connectivity index is 2.54. The van der Waals surface area contributed by atoms with Crippen molar-refractivity contribution in [2.24, 2.45) is 0 Å². The van der Waals surface area contributed by atoms with Crippen LogP contribution in [0.25, 0.3) is 0 Å². The van der Waals surface area contributed by atoms with Crippen LogP contribution in [0.4, 0.5) is 5.69 Å². The third-order valence-electron chi connectivity index (χ3n) is 2.88. The summed E-state index contributed by atoms with van der Waals surface area (Å²) in [6.45, 7) is 0. The number of hydrogen-bond acceptors (Lipinski definition) is 4. The molecule has 0 fully saturated rings. The van der Waals surface area contributed by atoms with Crippen molar-refractivity contribution >= 4 is 23.1 Å². The molecule has 0 aliphatic carbocycles. The monoisotopic (exact) mass is 291 g/mol. The molecule has 0 amide bonds. The van der Waals surface area contributed by atoms with Crippen LogP contribution in [-0.4, -0.2) is 20.0 Å². The lowest BCUT2D eigenvalue weighted by molar-refractivity contribution is 0.103. The molecule has 0 saturated carbocycles. The zero-order chi connectivity index (χ0) is 14.7. The minimum absolute atomic E-state index is 0.235. The Kier molecular flexibility index (Phi) is 4.15. The number of ether oxygens (including phenoxy) is 2. The van der Waals surface area contributed by atoms with Gasteiger partial charge in [0, 0.05) is 16.8 Å². The molecule has 0 aromatic heterocycles. The van der Waals surface area contributed by atoms with Crippen molar-refractivity contribution in [1.82, 2.24) is 0 Å². The Labute approximate surface area is 122 Å². The fourth-order valence-corrected chi connectivity index (χ4v) is 2.07. The first-order chi connectivity index (χ1) is 9.56. The highest BCUT2D eigenvalue weighted by Crippen LogP contribution is 2.29. The number of benzene rings is 2. The highest BCUT2D eigenvalue weighted by Gasteiger charge is 2.19. The van der Waals surface area contributed by atoms with Gasteiger partial charge >= 0.3 is 0 Å². The molecule has 2 N–H and O–H groups in total. The van der Waals surface area contributed by atoms with Gasteiger partial charge in [-0.2, -0.15) is 0 Å². The molecule has 5 heteroatoms. The summed E-state index contributed by atoms with van der Waals surface area (Å²) in [6.07, 6.45) is 0. The molecule has 0 radical (unpaired) electrons. The number of carbonyl (C=O) groups excluding carboxylic acids is 1. The number of rotatable bonds is 4. The second kappa shape index (κ2) is 5.84. The summed E-state index contributed by atoms with van der Waals surface area (Å²) in [5.74, 6) is 0.636. The number of carbonyl (C=O) groups is 1. The van der Waals surface area contributed by atoms with Crippen LogP contribution in [0.3, 0.4) is 0 Å². The summed E-state index contributed by atoms with van der Waals surface area (Å²) in [6, 6.07) is 9.75. The zero-order valence-electron chi connectivity index (χ0n) is 11.1. The number of nitrogens with two attached hydrogens (primary N) is 1. The van der Waals surface area contributed by atoms with E-state index in [1.54, 1.807) is 36.4 Å². The van der Waals surface area contributed by atoms with Gasteiger partial charge in [0.15, 0.2) is 0 Å². The van der Waals surface area contributed by atoms with Crippen LogP contribution in [0.2, 0.25) is 5.02 Å². The van der Waals surface area contributed by atoms with E-state index < -0.39 is 0 Å². The molecule has 0 bridgehead atoms. The highest BCUT2D eigenvalue weighted by molar-refractivity contribution is 6.31. The van der Waals surface area contributed by atoms with E-state index in [0.29, 0.717) is 33.3 Å². The van der Waals surface area contributed by atoms with Crippen molar-refractivity contribution in [2.45, 2.75) is 0 Å². The van der Waals surface area contributed by atoms with Crippen molar-refractivity contribution in [2.75, 3.05) is 20.0 Å². The lowest BCUT2D eigenvalue weighted by atomic mass is 10.0. The third-order valence-corrected chi connectivity index (χ3v) is 3.11. The molecule has 0 aliphatic heterocycles. The second-order valence-electron chi connectivity index (χ2n) is 4.13. The smallest absolute Gasteiger partial charge is 0.200 e. The van der Waals surface area contributed by atoms with Crippen LogP contribution in [-0.2, 0) is 0 Å². The van der Waals surface area contributed by atoms with Crippen molar-refractivity contribution in [1.29, 1.82) is 0 Å². The first kappa shape index (κ1) is 14.2. The van der Waals surface area contributed by atoms with Gasteiger partial charge in [-0.3, -0.25) is 4.79 Å². The van der Waals surface area contributed by atoms with Crippen molar-refractivity contribution < 1.29 is 14.3 Å². The van der Waals surface area contributed by atoms with Crippen LogP contribution >= 0.6 is 11.6 Å². The van der Waals surface area contributed by atoms with Crippen LogP contribution in [0.1, 0.15) is 15.9 Å². The number of halogens is 1. The van der Waals surface area contributed by atoms with Crippen molar-refractivity contribution in [3.63, 3.8) is 0 Å². The van der Waals surface area contributed by atoms with Gasteiger partial charge in [0.2, 0.25) is 5.78 Å². The molecule has 2 aromatic rings. The zero-order valence-corrected chi connectivity index (χ0v) is 11.9. The molecule has 0 heterocycles. The molecule has 0 unspecified atom stereocenters. The van der Waals surface area contributed by atoms with Gasteiger partial charge in [0.1, 0.15) is 11.5 Å². The lowest BCUT2D eigenvalue weighted by Gasteiger charge is -2.11. The van der Waals surface area contributed by atoms with Crippen LogP contribution in [0.15, 0.2) is 36.4 Å². The Bertz CT molecular complexity index is 656. The van der Waals surface area contributed by atoms with Crippen LogP contribution in [0, 0.1) is 0 Å². The Morgan fingerprint density at radius 3 is 2.35 bits per heavy atom. The predicted molar refractivity (Wildman–Crippen MR) is 78.8 cm³/mol. The topological polar surface area (TPSA) is 61.5 Å². The minimum Gasteiger partial charge on any atom is -0.496 e. The summed E-state index contributed by atoms with van der Waals surface area (Å²) in [5, 5.41) is 0.462. The van der Waals surface area contributed by atoms with E-state index in [1.807, 2.05) is 0 Å². The van der Waals surface area contributed by atoms with Gasteiger partial charge in [-0.05, 0) is 30.3 Å². The number of ketones is 1. The summed E-state index contributed by atoms with van der Waals surface area (Å²) in [4.78, 5) is 12.6. The Morgan fingerprint density at radius 1 is 1.00 bits per heavy atom. The van der Waals surface area contributed by atoms with E-state index in [0.717, 1.165) is 0 Å². The van der Waals surface area contributed by atoms with Gasteiger partial charge in [-0.1, -0.05) is 11.6 Å². The summed E-state index contributed by atoms with van der Waals surface area (Å²) in [7, 11) is 2.99. The molecule has 104 valence electrons. The van der Waals surface area contributed by atoms with E-state index in [1.165, 1.54) is 14.2 Å². The fraction of sp³-hybridized carbons (Fsp3) is 0.133. The molecule has 20 heavy (non-hydrogen) atoms. The Hall–Kier alpha value is -2.20. The van der Waals surface area contributed by atoms with E-state index in [-0.39, 0.29) is 5.78 Å². The van der Waals surface area contributed by atoms with E-state index in [2.05, 4.69) is 0 Å². The van der Waals surface area contributed by atoms with Crippen LogP contribution < -0.4 is 15.2 Å². The number of nitrogen functional groups attached to an aromatic ring is 1. The van der Waals surface area contributed by atoms with Gasteiger partial charge < -0.3 is 15.2 Å². The van der Waals surface area contributed by atoms with E-state index in [4.69, 9.17) is 26.8 Å². The van der Waals surface area contributed by atoms with Crippen molar-refractivity contribution in [3.05, 3.63) is 52.5 Å². The minimum atomic E-state index is -0.235. The quantitative estimate of drug-likeness (QED) is 0.694. The van der Waals surface area contributed by atoms with Gasteiger partial charge in [-0.15, -0.1) is 0 Å². The van der Waals surface area contributed by atoms with Crippen molar-refractivity contribution in [3.8, 4) is 11.5 Å². The molecule has 0 saturated heterocycles. The SMILES string of the molecule is COc1cc(N)ccc1C(=O)c1cc(Cl)ccc1OC. The largest absolute Gasteiger partial charge is 0.496 e. The predicted octanol–water partition coefficient (Wildman–Crippen LogP) is 3.17. The summed E-state index contributed by atoms with van der Waals surface area (Å²) >= 11 is 5.95. The maximum absolute atomic E-state index is 12.6. The Morgan fingerprint density at radius 2 is 1.70 bits per heavy atom. The third kappa shape index (κ3) is 2.70. The first-order valence-corrected chi connectivity index (χ1v) is 6.26. The lowest BCUT2D eigenvalue weighted by Crippen LogP contribution is -2.06. The average molecular weight is 292 g/mol. The summed E-state index contributed by atoms with van der Waals surface area (Å²) < 4.78 is 10.4. The van der Waals surface area contributed by atoms with E-state index in [9.17, 15) is 4.79 Å². The molecule has 2 aromatic carbocycles. The fourth-order valence-electron chi connectivity index (χ4n) is 1.90. The molecular formula is C15H14ClNO3. The standard InChI is InChI=1S/C15H14ClNO3/c1-19-13-6-3-9(16)7-12(13)15(18)11-5-4-10(17)8-14(11)20-2/h3-8H,17H2,1-2H3. The number of anilines is 1. The maximum atomic E-state index is 12.6. The molecule has 2 rings (SSSR count). The number of hydrogen-bond donors (Lipinski definition) is 1. The highest BCUT2D eigenvalue weighted by atomic mass is 35.5. The molecule has 0 spiro atoms. The average Bonchev–Trinajstić information content (AvgIpc) is 2.46. The molecule has 4 nitrogen and oxygen atoms in total. The first-order valence-electron chi connectivity index (χ1n) is 5.88.